The number of furan rings is 2. The Morgan fingerprint density at radius 1 is 0.310 bits per heavy atom. The second-order valence-corrected chi connectivity index (χ2v) is 10.8. The predicted molar refractivity (Wildman–Crippen MR) is 175 cm³/mol. The fourth-order valence-electron chi connectivity index (χ4n) is 6.59. The van der Waals surface area contributed by atoms with Gasteiger partial charge in [0.15, 0.2) is 0 Å². The van der Waals surface area contributed by atoms with E-state index in [-0.39, 0.29) is 0 Å². The molecule has 0 aliphatic heterocycles. The van der Waals surface area contributed by atoms with Crippen molar-refractivity contribution >= 4 is 54.5 Å². The number of fused-ring (bicyclic) bond motifs is 7. The molecule has 42 heavy (non-hydrogen) atoms. The van der Waals surface area contributed by atoms with Crippen molar-refractivity contribution in [1.29, 1.82) is 0 Å². The fourth-order valence-corrected chi connectivity index (χ4v) is 6.59. The van der Waals surface area contributed by atoms with E-state index in [4.69, 9.17) is 8.83 Å². The van der Waals surface area contributed by atoms with Crippen molar-refractivity contribution in [2.24, 2.45) is 0 Å². The predicted octanol–water partition coefficient (Wildman–Crippen LogP) is 11.6. The third-order valence-electron chi connectivity index (χ3n) is 8.49. The van der Waals surface area contributed by atoms with E-state index in [2.05, 4.69) is 121 Å². The molecule has 0 saturated carbocycles. The zero-order valence-electron chi connectivity index (χ0n) is 22.7. The Morgan fingerprint density at radius 2 is 0.810 bits per heavy atom. The summed E-state index contributed by atoms with van der Waals surface area (Å²) in [6.07, 6.45) is 0. The lowest BCUT2D eigenvalue weighted by Gasteiger charge is -2.17. The molecule has 9 rings (SSSR count). The fraction of sp³-hybridized carbons (Fsp3) is 0. The first kappa shape index (κ1) is 23.1. The molecule has 0 fully saturated rings. The average molecular weight is 537 g/mol. The minimum atomic E-state index is 0.828. The number of hydrogen-bond donors (Lipinski definition) is 0. The third kappa shape index (κ3) is 3.39. The lowest BCUT2D eigenvalue weighted by Crippen LogP contribution is -1.90. The number of para-hydroxylation sites is 1. The standard InChI is InChI=1S/C40H24O2/c1-2-10-26(11-3-1)38-29-13-4-6-15-31(29)39(32-16-7-5-14-30(32)38)27-20-18-25(19-21-27)37-24-34-36(41-37)23-22-33-28-12-8-9-17-35(28)42-40(33)34/h1-24H. The van der Waals surface area contributed by atoms with Gasteiger partial charge in [0, 0.05) is 16.3 Å². The van der Waals surface area contributed by atoms with Crippen molar-refractivity contribution in [3.05, 3.63) is 146 Å². The lowest BCUT2D eigenvalue weighted by molar-refractivity contribution is 0.631. The van der Waals surface area contributed by atoms with Crippen LogP contribution in [0.5, 0.6) is 0 Å². The number of rotatable bonds is 3. The van der Waals surface area contributed by atoms with Crippen molar-refractivity contribution in [3.63, 3.8) is 0 Å². The Balaban J connectivity index is 1.21. The van der Waals surface area contributed by atoms with Crippen molar-refractivity contribution in [1.82, 2.24) is 0 Å². The summed E-state index contributed by atoms with van der Waals surface area (Å²) in [5.74, 6) is 0.832. The van der Waals surface area contributed by atoms with Crippen LogP contribution in [-0.4, -0.2) is 0 Å². The van der Waals surface area contributed by atoms with Crippen LogP contribution >= 0.6 is 0 Å². The van der Waals surface area contributed by atoms with Crippen molar-refractivity contribution < 1.29 is 8.83 Å². The number of benzene rings is 7. The van der Waals surface area contributed by atoms with E-state index >= 15 is 0 Å². The summed E-state index contributed by atoms with van der Waals surface area (Å²) in [7, 11) is 0. The topological polar surface area (TPSA) is 26.3 Å². The van der Waals surface area contributed by atoms with E-state index in [0.717, 1.165) is 44.2 Å². The molecule has 2 aromatic heterocycles. The molecule has 0 bridgehead atoms. The Kier molecular flexibility index (Phi) is 4.93. The first-order valence-electron chi connectivity index (χ1n) is 14.3. The summed E-state index contributed by atoms with van der Waals surface area (Å²) in [5.41, 5.74) is 8.57. The van der Waals surface area contributed by atoms with Crippen LogP contribution in [0.3, 0.4) is 0 Å². The summed E-state index contributed by atoms with van der Waals surface area (Å²) in [5, 5.41) is 8.24. The molecule has 2 heteroatoms. The molecular weight excluding hydrogens is 512 g/mol. The largest absolute Gasteiger partial charge is 0.456 e. The van der Waals surface area contributed by atoms with Gasteiger partial charge in [0.25, 0.3) is 0 Å². The first-order valence-corrected chi connectivity index (χ1v) is 14.3. The van der Waals surface area contributed by atoms with Crippen molar-refractivity contribution in [2.45, 2.75) is 0 Å². The Hall–Kier alpha value is -5.60. The van der Waals surface area contributed by atoms with Crippen molar-refractivity contribution in [2.75, 3.05) is 0 Å². The summed E-state index contributed by atoms with van der Waals surface area (Å²) in [4.78, 5) is 0. The highest BCUT2D eigenvalue weighted by atomic mass is 16.3. The van der Waals surface area contributed by atoms with E-state index in [0.29, 0.717) is 0 Å². The van der Waals surface area contributed by atoms with Gasteiger partial charge < -0.3 is 8.83 Å². The molecule has 0 radical (unpaired) electrons. The van der Waals surface area contributed by atoms with Crippen LogP contribution in [0.25, 0.3) is 88.0 Å². The molecular formula is C40H24O2. The maximum atomic E-state index is 6.35. The Labute approximate surface area is 242 Å². The van der Waals surface area contributed by atoms with Gasteiger partial charge in [-0.1, -0.05) is 121 Å². The molecule has 0 aliphatic rings. The molecule has 0 atom stereocenters. The quantitative estimate of drug-likeness (QED) is 0.210. The highest BCUT2D eigenvalue weighted by Crippen LogP contribution is 2.44. The van der Waals surface area contributed by atoms with Gasteiger partial charge >= 0.3 is 0 Å². The average Bonchev–Trinajstić information content (AvgIpc) is 3.66. The van der Waals surface area contributed by atoms with Crippen LogP contribution in [-0.2, 0) is 0 Å². The molecule has 2 nitrogen and oxygen atoms in total. The molecule has 7 aromatic carbocycles. The molecule has 0 spiro atoms. The van der Waals surface area contributed by atoms with E-state index in [1.54, 1.807) is 0 Å². The molecule has 0 amide bonds. The highest BCUT2D eigenvalue weighted by Gasteiger charge is 2.18. The molecule has 0 aliphatic carbocycles. The molecule has 196 valence electrons. The van der Waals surface area contributed by atoms with Crippen LogP contribution in [0.1, 0.15) is 0 Å². The summed E-state index contributed by atoms with van der Waals surface area (Å²) < 4.78 is 12.6. The highest BCUT2D eigenvalue weighted by molar-refractivity contribution is 6.21. The normalized spacial score (nSPS) is 11.8. The van der Waals surface area contributed by atoms with Gasteiger partial charge in [-0.05, 0) is 68.1 Å². The van der Waals surface area contributed by atoms with Crippen LogP contribution in [0, 0.1) is 0 Å². The molecule has 9 aromatic rings. The lowest BCUT2D eigenvalue weighted by atomic mass is 9.86. The van der Waals surface area contributed by atoms with Gasteiger partial charge in [-0.15, -0.1) is 0 Å². The Morgan fingerprint density at radius 3 is 1.45 bits per heavy atom. The zero-order valence-corrected chi connectivity index (χ0v) is 22.7. The summed E-state index contributed by atoms with van der Waals surface area (Å²) in [6.45, 7) is 0. The SMILES string of the molecule is c1ccc(-c2c3ccccc3c(-c3ccc(-c4cc5c(ccc6c7ccccc7oc56)o4)cc3)c3ccccc23)cc1. The van der Waals surface area contributed by atoms with E-state index < -0.39 is 0 Å². The van der Waals surface area contributed by atoms with Crippen LogP contribution in [0.4, 0.5) is 0 Å². The summed E-state index contributed by atoms with van der Waals surface area (Å²) in [6, 6.07) is 51.4. The van der Waals surface area contributed by atoms with Crippen LogP contribution < -0.4 is 0 Å². The first-order chi connectivity index (χ1) is 20.8. The second kappa shape index (κ2) is 8.95. The second-order valence-electron chi connectivity index (χ2n) is 10.8. The van der Waals surface area contributed by atoms with Crippen LogP contribution in [0.2, 0.25) is 0 Å². The minimum absolute atomic E-state index is 0.828. The van der Waals surface area contributed by atoms with Crippen LogP contribution in [0.15, 0.2) is 154 Å². The molecule has 0 unspecified atom stereocenters. The third-order valence-corrected chi connectivity index (χ3v) is 8.49. The summed E-state index contributed by atoms with van der Waals surface area (Å²) >= 11 is 0. The minimum Gasteiger partial charge on any atom is -0.456 e. The van der Waals surface area contributed by atoms with Gasteiger partial charge in [0.1, 0.15) is 22.5 Å². The maximum absolute atomic E-state index is 6.35. The maximum Gasteiger partial charge on any atom is 0.146 e. The molecule has 0 saturated heterocycles. The Bertz CT molecular complexity index is 2380. The monoisotopic (exact) mass is 536 g/mol. The molecule has 2 heterocycles. The van der Waals surface area contributed by atoms with E-state index in [9.17, 15) is 0 Å². The van der Waals surface area contributed by atoms with Gasteiger partial charge in [-0.25, -0.2) is 0 Å². The van der Waals surface area contributed by atoms with E-state index in [1.165, 1.54) is 43.8 Å². The van der Waals surface area contributed by atoms with Gasteiger partial charge in [0.2, 0.25) is 0 Å². The van der Waals surface area contributed by atoms with E-state index in [1.807, 2.05) is 24.3 Å². The van der Waals surface area contributed by atoms with Gasteiger partial charge in [-0.3, -0.25) is 0 Å². The van der Waals surface area contributed by atoms with Crippen molar-refractivity contribution in [3.8, 4) is 33.6 Å². The van der Waals surface area contributed by atoms with Gasteiger partial charge in [0.05, 0.1) is 5.39 Å². The smallest absolute Gasteiger partial charge is 0.146 e. The van der Waals surface area contributed by atoms with Gasteiger partial charge in [-0.2, -0.15) is 0 Å². The molecule has 0 N–H and O–H groups in total. The zero-order chi connectivity index (χ0) is 27.6. The number of hydrogen-bond acceptors (Lipinski definition) is 2.